The molecule has 1 rings (SSSR count). The molecule has 1 aromatic rings. The molecule has 0 bridgehead atoms. The standard InChI is InChI=1S/C14H17ClN2O/c1-14(2,3)17-13(18)8-11(9-16)10-4-6-12(15)7-5-10/h4-7,11H,8H2,1-3H3,(H,17,18). The van der Waals surface area contributed by atoms with Crippen molar-refractivity contribution in [3.05, 3.63) is 34.9 Å². The van der Waals surface area contributed by atoms with Gasteiger partial charge < -0.3 is 5.32 Å². The molecular formula is C14H17ClN2O. The first kappa shape index (κ1) is 14.5. The van der Waals surface area contributed by atoms with Crippen LogP contribution in [0.3, 0.4) is 0 Å². The van der Waals surface area contributed by atoms with Crippen molar-refractivity contribution in [3.8, 4) is 6.07 Å². The summed E-state index contributed by atoms with van der Waals surface area (Å²) >= 11 is 5.79. The number of nitrogens with zero attached hydrogens (tertiary/aromatic N) is 1. The van der Waals surface area contributed by atoms with Gasteiger partial charge in [0.05, 0.1) is 12.0 Å². The molecular weight excluding hydrogens is 248 g/mol. The van der Waals surface area contributed by atoms with Crippen LogP contribution in [0.15, 0.2) is 24.3 Å². The van der Waals surface area contributed by atoms with E-state index in [2.05, 4.69) is 11.4 Å². The molecule has 0 spiro atoms. The van der Waals surface area contributed by atoms with Gasteiger partial charge in [-0.25, -0.2) is 0 Å². The molecule has 96 valence electrons. The van der Waals surface area contributed by atoms with Crippen LogP contribution in [0.4, 0.5) is 0 Å². The number of amides is 1. The van der Waals surface area contributed by atoms with Gasteiger partial charge in [0.2, 0.25) is 5.91 Å². The van der Waals surface area contributed by atoms with Gasteiger partial charge in [-0.3, -0.25) is 4.79 Å². The average Bonchev–Trinajstić information content (AvgIpc) is 2.25. The van der Waals surface area contributed by atoms with Crippen molar-refractivity contribution in [2.45, 2.75) is 38.6 Å². The quantitative estimate of drug-likeness (QED) is 0.911. The summed E-state index contributed by atoms with van der Waals surface area (Å²) in [6.07, 6.45) is 0.162. The molecule has 0 saturated carbocycles. The molecule has 0 heterocycles. The Morgan fingerprint density at radius 2 is 1.94 bits per heavy atom. The topological polar surface area (TPSA) is 52.9 Å². The van der Waals surface area contributed by atoms with E-state index in [0.717, 1.165) is 5.56 Å². The lowest BCUT2D eigenvalue weighted by Crippen LogP contribution is -2.41. The van der Waals surface area contributed by atoms with E-state index in [1.54, 1.807) is 24.3 Å². The van der Waals surface area contributed by atoms with E-state index in [1.807, 2.05) is 20.8 Å². The zero-order chi connectivity index (χ0) is 13.8. The average molecular weight is 265 g/mol. The zero-order valence-electron chi connectivity index (χ0n) is 10.8. The van der Waals surface area contributed by atoms with Crippen LogP contribution < -0.4 is 5.32 Å². The number of carbonyl (C=O) groups is 1. The largest absolute Gasteiger partial charge is 0.351 e. The van der Waals surface area contributed by atoms with Gasteiger partial charge in [-0.15, -0.1) is 0 Å². The van der Waals surface area contributed by atoms with E-state index < -0.39 is 5.92 Å². The fraction of sp³-hybridized carbons (Fsp3) is 0.429. The highest BCUT2D eigenvalue weighted by atomic mass is 35.5. The Kier molecular flexibility index (Phi) is 4.75. The minimum atomic E-state index is -0.440. The van der Waals surface area contributed by atoms with Crippen molar-refractivity contribution < 1.29 is 4.79 Å². The Labute approximate surface area is 113 Å². The highest BCUT2D eigenvalue weighted by molar-refractivity contribution is 6.30. The van der Waals surface area contributed by atoms with Gasteiger partial charge in [0, 0.05) is 17.0 Å². The number of rotatable bonds is 3. The van der Waals surface area contributed by atoms with E-state index in [1.165, 1.54) is 0 Å². The van der Waals surface area contributed by atoms with E-state index in [-0.39, 0.29) is 17.9 Å². The Bertz CT molecular complexity index is 454. The molecule has 0 aliphatic carbocycles. The molecule has 1 unspecified atom stereocenters. The molecule has 1 amide bonds. The molecule has 0 aromatic heterocycles. The van der Waals surface area contributed by atoms with Gasteiger partial charge in [0.15, 0.2) is 0 Å². The minimum absolute atomic E-state index is 0.121. The number of carbonyl (C=O) groups excluding carboxylic acids is 1. The first-order chi connectivity index (χ1) is 8.31. The molecule has 18 heavy (non-hydrogen) atoms. The number of hydrogen-bond donors (Lipinski definition) is 1. The maximum Gasteiger partial charge on any atom is 0.222 e. The molecule has 0 fully saturated rings. The smallest absolute Gasteiger partial charge is 0.222 e. The third-order valence-electron chi connectivity index (χ3n) is 2.33. The Morgan fingerprint density at radius 1 is 1.39 bits per heavy atom. The Hall–Kier alpha value is -1.53. The summed E-state index contributed by atoms with van der Waals surface area (Å²) in [7, 11) is 0. The number of hydrogen-bond acceptors (Lipinski definition) is 2. The predicted molar refractivity (Wildman–Crippen MR) is 72.3 cm³/mol. The lowest BCUT2D eigenvalue weighted by molar-refractivity contribution is -0.122. The third kappa shape index (κ3) is 4.77. The normalized spacial score (nSPS) is 12.6. The molecule has 1 aromatic carbocycles. The second-order valence-electron chi connectivity index (χ2n) is 5.24. The van der Waals surface area contributed by atoms with Crippen LogP contribution in [0.1, 0.15) is 38.7 Å². The first-order valence-corrected chi connectivity index (χ1v) is 6.16. The van der Waals surface area contributed by atoms with Crippen LogP contribution in [-0.4, -0.2) is 11.4 Å². The molecule has 0 radical (unpaired) electrons. The second-order valence-corrected chi connectivity index (χ2v) is 5.67. The van der Waals surface area contributed by atoms with Gasteiger partial charge >= 0.3 is 0 Å². The van der Waals surface area contributed by atoms with Gasteiger partial charge in [0.1, 0.15) is 0 Å². The maximum atomic E-state index is 11.8. The highest BCUT2D eigenvalue weighted by Gasteiger charge is 2.19. The van der Waals surface area contributed by atoms with Crippen molar-refractivity contribution in [3.63, 3.8) is 0 Å². The van der Waals surface area contributed by atoms with Crippen LogP contribution in [-0.2, 0) is 4.79 Å². The fourth-order valence-electron chi connectivity index (χ4n) is 1.59. The predicted octanol–water partition coefficient (Wildman–Crippen LogP) is 3.25. The van der Waals surface area contributed by atoms with E-state index in [0.29, 0.717) is 5.02 Å². The monoisotopic (exact) mass is 264 g/mol. The molecule has 0 aliphatic heterocycles. The Morgan fingerprint density at radius 3 is 2.39 bits per heavy atom. The number of nitrogens with one attached hydrogen (secondary N) is 1. The van der Waals surface area contributed by atoms with Crippen LogP contribution in [0.5, 0.6) is 0 Å². The van der Waals surface area contributed by atoms with Crippen molar-refractivity contribution in [1.29, 1.82) is 5.26 Å². The second kappa shape index (κ2) is 5.88. The summed E-state index contributed by atoms with van der Waals surface area (Å²) < 4.78 is 0. The maximum absolute atomic E-state index is 11.8. The lowest BCUT2D eigenvalue weighted by Gasteiger charge is -2.21. The highest BCUT2D eigenvalue weighted by Crippen LogP contribution is 2.21. The van der Waals surface area contributed by atoms with Crippen LogP contribution >= 0.6 is 11.6 Å². The third-order valence-corrected chi connectivity index (χ3v) is 2.58. The summed E-state index contributed by atoms with van der Waals surface area (Å²) in [5, 5.41) is 12.6. The zero-order valence-corrected chi connectivity index (χ0v) is 11.6. The van der Waals surface area contributed by atoms with Crippen LogP contribution in [0.2, 0.25) is 5.02 Å². The fourth-order valence-corrected chi connectivity index (χ4v) is 1.71. The van der Waals surface area contributed by atoms with Gasteiger partial charge in [0.25, 0.3) is 0 Å². The molecule has 1 N–H and O–H groups in total. The van der Waals surface area contributed by atoms with E-state index >= 15 is 0 Å². The van der Waals surface area contributed by atoms with Crippen molar-refractivity contribution in [2.75, 3.05) is 0 Å². The van der Waals surface area contributed by atoms with Crippen molar-refractivity contribution in [2.24, 2.45) is 0 Å². The molecule has 3 nitrogen and oxygen atoms in total. The van der Waals surface area contributed by atoms with Gasteiger partial charge in [-0.2, -0.15) is 5.26 Å². The van der Waals surface area contributed by atoms with Crippen LogP contribution in [0.25, 0.3) is 0 Å². The molecule has 1 atom stereocenters. The van der Waals surface area contributed by atoms with Crippen LogP contribution in [0, 0.1) is 11.3 Å². The van der Waals surface area contributed by atoms with Crippen molar-refractivity contribution in [1.82, 2.24) is 5.32 Å². The summed E-state index contributed by atoms with van der Waals surface area (Å²) in [4.78, 5) is 11.8. The molecule has 0 saturated heterocycles. The summed E-state index contributed by atoms with van der Waals surface area (Å²) in [5.41, 5.74) is 0.530. The number of nitriles is 1. The Balaban J connectivity index is 2.72. The summed E-state index contributed by atoms with van der Waals surface area (Å²) in [6, 6.07) is 9.16. The van der Waals surface area contributed by atoms with E-state index in [9.17, 15) is 4.79 Å². The summed E-state index contributed by atoms with van der Waals surface area (Å²) in [5.74, 6) is -0.561. The minimum Gasteiger partial charge on any atom is -0.351 e. The van der Waals surface area contributed by atoms with Gasteiger partial charge in [-0.05, 0) is 38.5 Å². The number of benzene rings is 1. The lowest BCUT2D eigenvalue weighted by atomic mass is 9.96. The summed E-state index contributed by atoms with van der Waals surface area (Å²) in [6.45, 7) is 5.73. The van der Waals surface area contributed by atoms with E-state index in [4.69, 9.17) is 16.9 Å². The molecule has 4 heteroatoms. The first-order valence-electron chi connectivity index (χ1n) is 5.78. The molecule has 0 aliphatic rings. The SMILES string of the molecule is CC(C)(C)NC(=O)CC(C#N)c1ccc(Cl)cc1. The number of halogens is 1. The van der Waals surface area contributed by atoms with Gasteiger partial charge in [-0.1, -0.05) is 23.7 Å². The van der Waals surface area contributed by atoms with Crippen molar-refractivity contribution >= 4 is 17.5 Å².